The van der Waals surface area contributed by atoms with Crippen molar-refractivity contribution in [1.82, 2.24) is 5.32 Å². The normalized spacial score (nSPS) is 15.8. The van der Waals surface area contributed by atoms with Crippen molar-refractivity contribution in [3.63, 3.8) is 0 Å². The second-order valence-corrected chi connectivity index (χ2v) is 3.69. The molecule has 4 heteroatoms. The zero-order valence-electron chi connectivity index (χ0n) is 10.1. The first-order valence-electron chi connectivity index (χ1n) is 5.55. The Morgan fingerprint density at radius 2 is 2.00 bits per heavy atom. The van der Waals surface area contributed by atoms with E-state index >= 15 is 0 Å². The topological polar surface area (TPSA) is 12.0 Å². The molecule has 0 rings (SSSR count). The third-order valence-electron chi connectivity index (χ3n) is 2.19. The summed E-state index contributed by atoms with van der Waals surface area (Å²) >= 11 is 0. The molecule has 16 heavy (non-hydrogen) atoms. The minimum Gasteiger partial charge on any atom is -0.315 e. The predicted molar refractivity (Wildman–Crippen MR) is 61.3 cm³/mol. The van der Waals surface area contributed by atoms with Crippen LogP contribution in [0.1, 0.15) is 33.6 Å². The molecule has 0 aromatic rings. The summed E-state index contributed by atoms with van der Waals surface area (Å²) in [6.07, 6.45) is 0.686. The molecular weight excluding hydrogens is 215 g/mol. The summed E-state index contributed by atoms with van der Waals surface area (Å²) in [6.45, 7) is 6.38. The van der Waals surface area contributed by atoms with E-state index in [1.54, 1.807) is 6.92 Å². The maximum atomic E-state index is 12.4. The number of hydrogen-bond donors (Lipinski definition) is 1. The molecule has 0 aliphatic rings. The average molecular weight is 235 g/mol. The molecule has 0 aliphatic carbocycles. The van der Waals surface area contributed by atoms with Crippen LogP contribution < -0.4 is 5.32 Å². The number of hydrogen-bond acceptors (Lipinski definition) is 1. The highest BCUT2D eigenvalue weighted by atomic mass is 19.4. The zero-order valence-corrected chi connectivity index (χ0v) is 10.1. The molecule has 1 N–H and O–H groups in total. The highest BCUT2D eigenvalue weighted by Crippen LogP contribution is 2.27. The Morgan fingerprint density at radius 3 is 2.44 bits per heavy atom. The minimum atomic E-state index is -4.24. The van der Waals surface area contributed by atoms with Gasteiger partial charge in [-0.15, -0.1) is 0 Å². The molecule has 1 unspecified atom stereocenters. The third kappa shape index (κ3) is 6.67. The van der Waals surface area contributed by atoms with Crippen LogP contribution in [0.25, 0.3) is 0 Å². The van der Waals surface area contributed by atoms with Gasteiger partial charge in [-0.3, -0.25) is 0 Å². The molecule has 94 valence electrons. The Kier molecular flexibility index (Phi) is 7.13. The Bertz CT molecular complexity index is 241. The molecule has 1 nitrogen and oxygen atoms in total. The zero-order chi connectivity index (χ0) is 12.6. The van der Waals surface area contributed by atoms with Crippen molar-refractivity contribution < 1.29 is 13.2 Å². The van der Waals surface area contributed by atoms with E-state index in [4.69, 9.17) is 0 Å². The van der Waals surface area contributed by atoms with Gasteiger partial charge in [0.2, 0.25) is 0 Å². The highest BCUT2D eigenvalue weighted by Gasteiger charge is 2.31. The monoisotopic (exact) mass is 235 g/mol. The molecular formula is C12H20F3N. The smallest absolute Gasteiger partial charge is 0.315 e. The van der Waals surface area contributed by atoms with Crippen LogP contribution in [0.2, 0.25) is 0 Å². The number of alkyl halides is 3. The SMILES string of the molecule is C/C=C\C(=C/CCC(C)NCC)C(F)(F)F. The molecule has 0 bridgehead atoms. The van der Waals surface area contributed by atoms with Crippen LogP contribution >= 0.6 is 0 Å². The second-order valence-electron chi connectivity index (χ2n) is 3.69. The van der Waals surface area contributed by atoms with Gasteiger partial charge in [0.1, 0.15) is 0 Å². The van der Waals surface area contributed by atoms with Crippen LogP contribution in [0.4, 0.5) is 13.2 Å². The van der Waals surface area contributed by atoms with E-state index in [1.807, 2.05) is 13.8 Å². The van der Waals surface area contributed by atoms with Gasteiger partial charge in [-0.1, -0.05) is 25.2 Å². The minimum absolute atomic E-state index is 0.251. The first-order chi connectivity index (χ1) is 7.41. The molecule has 0 amide bonds. The first-order valence-corrected chi connectivity index (χ1v) is 5.55. The molecule has 0 saturated carbocycles. The van der Waals surface area contributed by atoms with Crippen LogP contribution in [-0.2, 0) is 0 Å². The standard InChI is InChI=1S/C12H20F3N/c1-4-7-11(12(13,14)15)9-6-8-10(3)16-5-2/h4,7,9-10,16H,5-6,8H2,1-3H3/b7-4-,11-9+. The van der Waals surface area contributed by atoms with Gasteiger partial charge in [-0.2, -0.15) is 13.2 Å². The van der Waals surface area contributed by atoms with Gasteiger partial charge in [0.25, 0.3) is 0 Å². The van der Waals surface area contributed by atoms with Gasteiger partial charge < -0.3 is 5.32 Å². The molecule has 0 aromatic carbocycles. The van der Waals surface area contributed by atoms with Crippen LogP contribution in [0.5, 0.6) is 0 Å². The summed E-state index contributed by atoms with van der Waals surface area (Å²) < 4.78 is 37.3. The van der Waals surface area contributed by atoms with E-state index in [9.17, 15) is 13.2 Å². The van der Waals surface area contributed by atoms with Crippen molar-refractivity contribution >= 4 is 0 Å². The highest BCUT2D eigenvalue weighted by molar-refractivity contribution is 5.23. The molecule has 0 aromatic heterocycles. The van der Waals surface area contributed by atoms with Crippen molar-refractivity contribution in [1.29, 1.82) is 0 Å². The Labute approximate surface area is 95.4 Å². The second kappa shape index (κ2) is 7.49. The van der Waals surface area contributed by atoms with E-state index in [0.717, 1.165) is 12.6 Å². The Hall–Kier alpha value is -0.770. The summed E-state index contributed by atoms with van der Waals surface area (Å²) in [5.74, 6) is 0. The summed E-state index contributed by atoms with van der Waals surface area (Å²) in [5, 5.41) is 3.16. The van der Waals surface area contributed by atoms with Crippen LogP contribution in [0.15, 0.2) is 23.8 Å². The fourth-order valence-electron chi connectivity index (χ4n) is 1.40. The van der Waals surface area contributed by atoms with E-state index in [-0.39, 0.29) is 6.04 Å². The van der Waals surface area contributed by atoms with Gasteiger partial charge in [0, 0.05) is 6.04 Å². The van der Waals surface area contributed by atoms with Crippen molar-refractivity contribution in [3.05, 3.63) is 23.8 Å². The van der Waals surface area contributed by atoms with Crippen molar-refractivity contribution in [2.24, 2.45) is 0 Å². The van der Waals surface area contributed by atoms with E-state index in [0.29, 0.717) is 12.8 Å². The van der Waals surface area contributed by atoms with Gasteiger partial charge in [0.05, 0.1) is 5.57 Å². The number of halogens is 3. The third-order valence-corrected chi connectivity index (χ3v) is 2.19. The maximum Gasteiger partial charge on any atom is 0.416 e. The van der Waals surface area contributed by atoms with Crippen LogP contribution in [-0.4, -0.2) is 18.8 Å². The Morgan fingerprint density at radius 1 is 1.38 bits per heavy atom. The molecule has 0 spiro atoms. The van der Waals surface area contributed by atoms with Gasteiger partial charge in [-0.05, 0) is 33.2 Å². The molecule has 0 saturated heterocycles. The summed E-state index contributed by atoms with van der Waals surface area (Å²) in [5.41, 5.74) is -0.557. The predicted octanol–water partition coefficient (Wildman–Crippen LogP) is 3.83. The van der Waals surface area contributed by atoms with Crippen LogP contribution in [0, 0.1) is 0 Å². The number of allylic oxidation sites excluding steroid dienone is 4. The molecule has 0 radical (unpaired) electrons. The van der Waals surface area contributed by atoms with E-state index in [1.165, 1.54) is 12.2 Å². The number of rotatable bonds is 6. The first kappa shape index (κ1) is 15.2. The van der Waals surface area contributed by atoms with Crippen LogP contribution in [0.3, 0.4) is 0 Å². The quantitative estimate of drug-likeness (QED) is 0.690. The van der Waals surface area contributed by atoms with Gasteiger partial charge in [-0.25, -0.2) is 0 Å². The maximum absolute atomic E-state index is 12.4. The fourth-order valence-corrected chi connectivity index (χ4v) is 1.40. The number of nitrogens with one attached hydrogen (secondary N) is 1. The van der Waals surface area contributed by atoms with Crippen molar-refractivity contribution in [2.45, 2.75) is 45.8 Å². The summed E-state index contributed by atoms with van der Waals surface area (Å²) in [7, 11) is 0. The summed E-state index contributed by atoms with van der Waals surface area (Å²) in [6, 6.07) is 0.251. The van der Waals surface area contributed by atoms with E-state index in [2.05, 4.69) is 5.32 Å². The molecule has 0 fully saturated rings. The lowest BCUT2D eigenvalue weighted by atomic mass is 10.1. The molecule has 0 heterocycles. The average Bonchev–Trinajstić information content (AvgIpc) is 2.15. The Balaban J connectivity index is 4.26. The summed E-state index contributed by atoms with van der Waals surface area (Å²) in [4.78, 5) is 0. The lowest BCUT2D eigenvalue weighted by Gasteiger charge is -2.11. The molecule has 1 atom stereocenters. The van der Waals surface area contributed by atoms with Crippen molar-refractivity contribution in [3.8, 4) is 0 Å². The lowest BCUT2D eigenvalue weighted by Crippen LogP contribution is -2.25. The molecule has 0 aliphatic heterocycles. The van der Waals surface area contributed by atoms with Gasteiger partial charge in [0.15, 0.2) is 0 Å². The van der Waals surface area contributed by atoms with Crippen molar-refractivity contribution in [2.75, 3.05) is 6.54 Å². The fraction of sp³-hybridized carbons (Fsp3) is 0.667. The van der Waals surface area contributed by atoms with E-state index < -0.39 is 11.7 Å². The lowest BCUT2D eigenvalue weighted by molar-refractivity contribution is -0.0884. The largest absolute Gasteiger partial charge is 0.416 e. The van der Waals surface area contributed by atoms with Gasteiger partial charge >= 0.3 is 6.18 Å².